The van der Waals surface area contributed by atoms with Crippen molar-refractivity contribution in [2.45, 2.75) is 63.6 Å². The largest absolute Gasteiger partial charge is 0.491 e. The number of ether oxygens (including phenoxy) is 1. The van der Waals surface area contributed by atoms with Crippen molar-refractivity contribution in [3.05, 3.63) is 54.1 Å². The van der Waals surface area contributed by atoms with Gasteiger partial charge in [-0.2, -0.15) is 0 Å². The summed E-state index contributed by atoms with van der Waals surface area (Å²) in [5.41, 5.74) is 1.59. The van der Waals surface area contributed by atoms with E-state index in [1.807, 2.05) is 42.5 Å². The van der Waals surface area contributed by atoms with Gasteiger partial charge in [-0.1, -0.05) is 48.4 Å². The van der Waals surface area contributed by atoms with Crippen LogP contribution in [-0.4, -0.2) is 53.6 Å². The molecule has 0 radical (unpaired) electrons. The number of hydrogen-bond donors (Lipinski definition) is 2. The van der Waals surface area contributed by atoms with Gasteiger partial charge in [-0.05, 0) is 88.5 Å². The van der Waals surface area contributed by atoms with E-state index in [1.165, 1.54) is 58.2 Å². The lowest BCUT2D eigenvalue weighted by Crippen LogP contribution is -2.20. The molecule has 2 N–H and O–H groups in total. The highest BCUT2D eigenvalue weighted by Gasteiger charge is 2.43. The van der Waals surface area contributed by atoms with Crippen LogP contribution in [-0.2, 0) is 0 Å². The number of benzene rings is 1. The molecule has 1 saturated heterocycles. The molecule has 0 bridgehead atoms. The molecule has 4 heteroatoms. The first kappa shape index (κ1) is 22.6. The zero-order valence-corrected chi connectivity index (χ0v) is 18.7. The molecule has 1 aromatic carbocycles. The Hall–Kier alpha value is -1.62. The molecule has 1 aromatic rings. The summed E-state index contributed by atoms with van der Waals surface area (Å²) < 4.78 is 5.63. The van der Waals surface area contributed by atoms with Crippen molar-refractivity contribution < 1.29 is 14.9 Å². The number of likely N-dealkylation sites (tertiary alicyclic amines) is 1. The van der Waals surface area contributed by atoms with Gasteiger partial charge < -0.3 is 19.8 Å². The van der Waals surface area contributed by atoms with Gasteiger partial charge in [0, 0.05) is 5.92 Å². The van der Waals surface area contributed by atoms with Crippen molar-refractivity contribution in [3.63, 3.8) is 0 Å². The Morgan fingerprint density at radius 2 is 1.90 bits per heavy atom. The van der Waals surface area contributed by atoms with Crippen LogP contribution in [0.1, 0.15) is 51.4 Å². The highest BCUT2D eigenvalue weighted by atomic mass is 16.5. The molecule has 4 rings (SSSR count). The van der Waals surface area contributed by atoms with Crippen molar-refractivity contribution in [3.8, 4) is 5.75 Å². The van der Waals surface area contributed by atoms with Gasteiger partial charge in [-0.3, -0.25) is 0 Å². The molecule has 2 fully saturated rings. The Bertz CT molecular complexity index is 725. The van der Waals surface area contributed by atoms with Gasteiger partial charge in [0.2, 0.25) is 0 Å². The molecular weight excluding hydrogens is 386 g/mol. The Morgan fingerprint density at radius 3 is 2.71 bits per heavy atom. The van der Waals surface area contributed by atoms with Crippen molar-refractivity contribution in [2.24, 2.45) is 17.8 Å². The van der Waals surface area contributed by atoms with Crippen LogP contribution in [0.25, 0.3) is 0 Å². The first-order valence-electron chi connectivity index (χ1n) is 12.3. The van der Waals surface area contributed by atoms with Crippen LogP contribution in [0, 0.1) is 17.8 Å². The number of nitrogens with zero attached hydrogens (tertiary/aromatic N) is 1. The molecule has 2 aliphatic carbocycles. The highest BCUT2D eigenvalue weighted by molar-refractivity contribution is 5.22. The molecule has 3 aliphatic rings. The van der Waals surface area contributed by atoms with Crippen molar-refractivity contribution in [1.82, 2.24) is 4.90 Å². The van der Waals surface area contributed by atoms with Gasteiger partial charge in [0.05, 0.1) is 6.10 Å². The van der Waals surface area contributed by atoms with E-state index in [0.29, 0.717) is 11.8 Å². The molecule has 5 atom stereocenters. The lowest BCUT2D eigenvalue weighted by molar-refractivity contribution is 0.133. The van der Waals surface area contributed by atoms with E-state index in [2.05, 4.69) is 11.0 Å². The van der Waals surface area contributed by atoms with Crippen LogP contribution in [0.3, 0.4) is 0 Å². The van der Waals surface area contributed by atoms with Gasteiger partial charge in [0.15, 0.2) is 0 Å². The summed E-state index contributed by atoms with van der Waals surface area (Å²) in [5.74, 6) is 1.90. The third kappa shape index (κ3) is 6.44. The van der Waals surface area contributed by atoms with E-state index in [0.717, 1.165) is 18.6 Å². The third-order valence-electron chi connectivity index (χ3n) is 7.34. The standard InChI is InChI=1S/C27H39NO3/c29-23(20-31-24-10-4-1-5-11-24)12-13-25-26-18-21(17-22(26)19-27(25)30)9-3-2-6-14-28-15-7-8-16-28/h1,4-5,10-13,17,22-23,25-27,29-30H,2-3,6-9,14-16,18-20H2/b13-12+/t22-,23+,25+,26-,27+/m0/s1. The predicted molar refractivity (Wildman–Crippen MR) is 125 cm³/mol. The van der Waals surface area contributed by atoms with E-state index in [9.17, 15) is 10.2 Å². The number of aliphatic hydroxyl groups is 2. The number of unbranched alkanes of at least 4 members (excludes halogenated alkanes) is 2. The quantitative estimate of drug-likeness (QED) is 0.402. The van der Waals surface area contributed by atoms with E-state index in [4.69, 9.17) is 4.74 Å². The summed E-state index contributed by atoms with van der Waals surface area (Å²) in [4.78, 5) is 2.61. The maximum atomic E-state index is 10.6. The first-order chi connectivity index (χ1) is 15.2. The number of hydrogen-bond acceptors (Lipinski definition) is 4. The first-order valence-corrected chi connectivity index (χ1v) is 12.3. The topological polar surface area (TPSA) is 52.9 Å². The molecule has 0 spiro atoms. The SMILES string of the molecule is O[C@H](/C=C/[C@@H]1[C@H]2CC(CCCCCN3CCCC3)=C[C@H]2C[C@H]1O)COc1ccccc1. The van der Waals surface area contributed by atoms with Crippen LogP contribution in [0.15, 0.2) is 54.1 Å². The van der Waals surface area contributed by atoms with E-state index in [-0.39, 0.29) is 18.6 Å². The lowest BCUT2D eigenvalue weighted by Gasteiger charge is -2.19. The lowest BCUT2D eigenvalue weighted by atomic mass is 9.88. The van der Waals surface area contributed by atoms with E-state index >= 15 is 0 Å². The minimum Gasteiger partial charge on any atom is -0.491 e. The van der Waals surface area contributed by atoms with Gasteiger partial charge in [-0.25, -0.2) is 0 Å². The second kappa shape index (κ2) is 11.3. The molecule has 1 saturated carbocycles. The van der Waals surface area contributed by atoms with Crippen molar-refractivity contribution >= 4 is 0 Å². The number of aliphatic hydroxyl groups excluding tert-OH is 2. The predicted octanol–water partition coefficient (Wildman–Crippen LogP) is 4.58. The van der Waals surface area contributed by atoms with Crippen molar-refractivity contribution in [2.75, 3.05) is 26.2 Å². The minimum absolute atomic E-state index is 0.139. The summed E-state index contributed by atoms with van der Waals surface area (Å²) in [6.07, 6.45) is 15.2. The second-order valence-corrected chi connectivity index (χ2v) is 9.67. The minimum atomic E-state index is -0.657. The summed E-state index contributed by atoms with van der Waals surface area (Å²) in [6.45, 7) is 4.12. The molecule has 170 valence electrons. The van der Waals surface area contributed by atoms with Gasteiger partial charge in [-0.15, -0.1) is 0 Å². The average molecular weight is 426 g/mol. The second-order valence-electron chi connectivity index (χ2n) is 9.67. The molecular formula is C27H39NO3. The smallest absolute Gasteiger partial charge is 0.119 e. The van der Waals surface area contributed by atoms with E-state index in [1.54, 1.807) is 5.57 Å². The Morgan fingerprint density at radius 1 is 1.10 bits per heavy atom. The third-order valence-corrected chi connectivity index (χ3v) is 7.34. The Labute approximate surface area is 187 Å². The fraction of sp³-hybridized carbons (Fsp3) is 0.630. The molecule has 0 aromatic heterocycles. The van der Waals surface area contributed by atoms with Crippen LogP contribution in [0.5, 0.6) is 5.75 Å². The summed E-state index contributed by atoms with van der Waals surface area (Å²) in [7, 11) is 0. The highest BCUT2D eigenvalue weighted by Crippen LogP contribution is 2.48. The number of rotatable bonds is 11. The fourth-order valence-corrected chi connectivity index (χ4v) is 5.67. The summed E-state index contributed by atoms with van der Waals surface area (Å²) in [6, 6.07) is 9.56. The summed E-state index contributed by atoms with van der Waals surface area (Å²) >= 11 is 0. The van der Waals surface area contributed by atoms with Crippen LogP contribution in [0.2, 0.25) is 0 Å². The molecule has 1 aliphatic heterocycles. The van der Waals surface area contributed by atoms with Gasteiger partial charge in [0.25, 0.3) is 0 Å². The zero-order valence-electron chi connectivity index (χ0n) is 18.7. The summed E-state index contributed by atoms with van der Waals surface area (Å²) in [5, 5.41) is 20.8. The molecule has 4 nitrogen and oxygen atoms in total. The van der Waals surface area contributed by atoms with Gasteiger partial charge in [0.1, 0.15) is 18.5 Å². The normalized spacial score (nSPS) is 29.4. The fourth-order valence-electron chi connectivity index (χ4n) is 5.67. The monoisotopic (exact) mass is 425 g/mol. The van der Waals surface area contributed by atoms with Gasteiger partial charge >= 0.3 is 0 Å². The molecule has 0 unspecified atom stereocenters. The van der Waals surface area contributed by atoms with E-state index < -0.39 is 6.10 Å². The van der Waals surface area contributed by atoms with Crippen LogP contribution < -0.4 is 4.74 Å². The number of fused-ring (bicyclic) bond motifs is 1. The average Bonchev–Trinajstić information content (AvgIpc) is 3.49. The molecule has 1 heterocycles. The molecule has 0 amide bonds. The number of para-hydroxylation sites is 1. The zero-order chi connectivity index (χ0) is 21.5. The Balaban J connectivity index is 1.17. The molecule has 31 heavy (non-hydrogen) atoms. The van der Waals surface area contributed by atoms with Crippen LogP contribution >= 0.6 is 0 Å². The maximum Gasteiger partial charge on any atom is 0.119 e. The number of allylic oxidation sites excluding steroid dienone is 2. The van der Waals surface area contributed by atoms with Crippen LogP contribution in [0.4, 0.5) is 0 Å². The Kier molecular flexibility index (Phi) is 8.23. The van der Waals surface area contributed by atoms with Crippen molar-refractivity contribution in [1.29, 1.82) is 0 Å². The maximum absolute atomic E-state index is 10.6.